The Labute approximate surface area is 127 Å². The van der Waals surface area contributed by atoms with Gasteiger partial charge in [0.1, 0.15) is 12.4 Å². The van der Waals surface area contributed by atoms with Crippen molar-refractivity contribution in [2.75, 3.05) is 13.7 Å². The maximum absolute atomic E-state index is 11.4. The van der Waals surface area contributed by atoms with Crippen molar-refractivity contribution in [2.24, 2.45) is 5.41 Å². The molecule has 1 atom stereocenters. The van der Waals surface area contributed by atoms with E-state index >= 15 is 0 Å². The molecule has 1 aromatic carbocycles. The first kappa shape index (κ1) is 16.1. The third kappa shape index (κ3) is 3.34. The number of nitrogens with one attached hydrogen (secondary N) is 1. The molecule has 1 aliphatic heterocycles. The summed E-state index contributed by atoms with van der Waals surface area (Å²) in [6.45, 7) is 4.54. The number of hydrogen-bond acceptors (Lipinski definition) is 3. The van der Waals surface area contributed by atoms with Crippen LogP contribution >= 0.6 is 28.3 Å². The Morgan fingerprint density at radius 2 is 2.16 bits per heavy atom. The third-order valence-electron chi connectivity index (χ3n) is 3.13. The summed E-state index contributed by atoms with van der Waals surface area (Å²) in [4.78, 5) is 11.4. The van der Waals surface area contributed by atoms with Crippen LogP contribution in [0.3, 0.4) is 0 Å². The predicted octanol–water partition coefficient (Wildman–Crippen LogP) is 3.69. The summed E-state index contributed by atoms with van der Waals surface area (Å²) < 4.78 is 11.1. The Morgan fingerprint density at radius 3 is 2.74 bits per heavy atom. The number of cyclic esters (lactones) is 1. The molecule has 0 aliphatic carbocycles. The Balaban J connectivity index is 0.00000180. The van der Waals surface area contributed by atoms with Crippen LogP contribution in [0.4, 0.5) is 4.79 Å². The molecule has 0 unspecified atom stereocenters. The van der Waals surface area contributed by atoms with Gasteiger partial charge in [-0.05, 0) is 33.6 Å². The van der Waals surface area contributed by atoms with Gasteiger partial charge in [-0.2, -0.15) is 0 Å². The van der Waals surface area contributed by atoms with Crippen LogP contribution in [0.5, 0.6) is 5.75 Å². The van der Waals surface area contributed by atoms with Crippen molar-refractivity contribution in [2.45, 2.75) is 19.9 Å². The van der Waals surface area contributed by atoms with E-state index < -0.39 is 0 Å². The van der Waals surface area contributed by atoms with Gasteiger partial charge in [0.2, 0.25) is 0 Å². The molecule has 106 valence electrons. The number of ether oxygens (including phenoxy) is 2. The summed E-state index contributed by atoms with van der Waals surface area (Å²) in [6.07, 6.45) is -0.369. The van der Waals surface area contributed by atoms with Crippen molar-refractivity contribution in [3.8, 4) is 5.75 Å². The molecule has 6 heteroatoms. The zero-order valence-electron chi connectivity index (χ0n) is 11.0. The van der Waals surface area contributed by atoms with Gasteiger partial charge in [-0.3, -0.25) is 0 Å². The largest absolute Gasteiger partial charge is 0.496 e. The number of halogens is 2. The van der Waals surface area contributed by atoms with Gasteiger partial charge in [0, 0.05) is 5.41 Å². The molecule has 19 heavy (non-hydrogen) atoms. The van der Waals surface area contributed by atoms with Gasteiger partial charge in [-0.15, -0.1) is 12.4 Å². The topological polar surface area (TPSA) is 47.6 Å². The van der Waals surface area contributed by atoms with Crippen LogP contribution < -0.4 is 10.1 Å². The Kier molecular flexibility index (Phi) is 5.10. The zero-order valence-corrected chi connectivity index (χ0v) is 13.4. The fourth-order valence-corrected chi connectivity index (χ4v) is 2.64. The number of carbonyl (C=O) groups is 1. The summed E-state index contributed by atoms with van der Waals surface area (Å²) in [5.41, 5.74) is 0.881. The van der Waals surface area contributed by atoms with E-state index in [0.29, 0.717) is 6.61 Å². The van der Waals surface area contributed by atoms with Gasteiger partial charge in [-0.1, -0.05) is 19.9 Å². The zero-order chi connectivity index (χ0) is 13.3. The number of alkyl carbamates (subject to hydrolysis) is 1. The molecule has 1 N–H and O–H groups in total. The normalized spacial score (nSPS) is 20.8. The first-order valence-corrected chi connectivity index (χ1v) is 6.50. The summed E-state index contributed by atoms with van der Waals surface area (Å²) >= 11 is 3.46. The molecule has 0 bridgehead atoms. The molecule has 1 heterocycles. The van der Waals surface area contributed by atoms with Gasteiger partial charge >= 0.3 is 6.09 Å². The second-order valence-electron chi connectivity index (χ2n) is 5.04. The number of amides is 1. The predicted molar refractivity (Wildman–Crippen MR) is 78.9 cm³/mol. The molecular formula is C13H17BrClNO3. The second kappa shape index (κ2) is 6.01. The minimum absolute atomic E-state index is 0. The molecule has 0 saturated carbocycles. The quantitative estimate of drug-likeness (QED) is 0.885. The van der Waals surface area contributed by atoms with Gasteiger partial charge < -0.3 is 14.8 Å². The van der Waals surface area contributed by atoms with Crippen molar-refractivity contribution >= 4 is 34.4 Å². The van der Waals surface area contributed by atoms with E-state index in [2.05, 4.69) is 35.1 Å². The Hall–Kier alpha value is -0.940. The molecule has 0 spiro atoms. The van der Waals surface area contributed by atoms with E-state index in [0.717, 1.165) is 15.8 Å². The highest BCUT2D eigenvalue weighted by molar-refractivity contribution is 9.10. The first-order chi connectivity index (χ1) is 8.44. The Bertz CT molecular complexity index is 479. The van der Waals surface area contributed by atoms with Crippen LogP contribution in [0.25, 0.3) is 0 Å². The molecule has 0 radical (unpaired) electrons. The minimum Gasteiger partial charge on any atom is -0.496 e. The highest BCUT2D eigenvalue weighted by atomic mass is 79.9. The van der Waals surface area contributed by atoms with E-state index in [1.807, 2.05) is 18.2 Å². The summed E-state index contributed by atoms with van der Waals surface area (Å²) in [5, 5.41) is 2.86. The monoisotopic (exact) mass is 349 g/mol. The number of hydrogen-bond donors (Lipinski definition) is 1. The van der Waals surface area contributed by atoms with Crippen LogP contribution in [-0.2, 0) is 4.74 Å². The highest BCUT2D eigenvalue weighted by Gasteiger charge is 2.38. The molecule has 1 aromatic rings. The van der Waals surface area contributed by atoms with Crippen molar-refractivity contribution in [3.05, 3.63) is 28.2 Å². The lowest BCUT2D eigenvalue weighted by molar-refractivity contribution is 0.0387. The lowest BCUT2D eigenvalue weighted by atomic mass is 9.80. The van der Waals surface area contributed by atoms with Gasteiger partial charge in [0.15, 0.2) is 0 Å². The van der Waals surface area contributed by atoms with Crippen molar-refractivity contribution < 1.29 is 14.3 Å². The Morgan fingerprint density at radius 1 is 1.47 bits per heavy atom. The molecule has 1 saturated heterocycles. The van der Waals surface area contributed by atoms with Gasteiger partial charge in [0.05, 0.1) is 17.6 Å². The molecule has 1 fully saturated rings. The first-order valence-electron chi connectivity index (χ1n) is 5.71. The summed E-state index contributed by atoms with van der Waals surface area (Å²) in [6, 6.07) is 5.75. The van der Waals surface area contributed by atoms with Crippen LogP contribution in [0.1, 0.15) is 25.5 Å². The van der Waals surface area contributed by atoms with Crippen LogP contribution in [-0.4, -0.2) is 19.8 Å². The summed E-state index contributed by atoms with van der Waals surface area (Å²) in [5.74, 6) is 0.773. The number of rotatable bonds is 2. The molecule has 0 aromatic heterocycles. The van der Waals surface area contributed by atoms with E-state index in [1.54, 1.807) is 7.11 Å². The minimum atomic E-state index is -0.369. The van der Waals surface area contributed by atoms with E-state index in [-0.39, 0.29) is 30.0 Å². The fraction of sp³-hybridized carbons (Fsp3) is 0.462. The smallest absolute Gasteiger partial charge is 0.407 e. The van der Waals surface area contributed by atoms with E-state index in [1.165, 1.54) is 0 Å². The maximum Gasteiger partial charge on any atom is 0.407 e. The van der Waals surface area contributed by atoms with E-state index in [4.69, 9.17) is 9.47 Å². The molecule has 1 amide bonds. The molecule has 2 rings (SSSR count). The van der Waals surface area contributed by atoms with Crippen LogP contribution in [0.2, 0.25) is 0 Å². The number of benzene rings is 1. The SMILES string of the molecule is COc1ccc([C@@H]2NC(=O)OCC2(C)C)cc1Br.Cl. The van der Waals surface area contributed by atoms with Crippen molar-refractivity contribution in [1.29, 1.82) is 0 Å². The van der Waals surface area contributed by atoms with Crippen molar-refractivity contribution in [1.82, 2.24) is 5.32 Å². The lowest BCUT2D eigenvalue weighted by Crippen LogP contribution is -2.46. The standard InChI is InChI=1S/C13H16BrNO3.ClH/c1-13(2)7-18-12(16)15-11(13)8-4-5-10(17-3)9(14)6-8;/h4-6,11H,7H2,1-3H3,(H,15,16);1H/t11-;/m0./s1. The molecule has 1 aliphatic rings. The highest BCUT2D eigenvalue weighted by Crippen LogP contribution is 2.38. The lowest BCUT2D eigenvalue weighted by Gasteiger charge is -2.38. The molecular weight excluding hydrogens is 334 g/mol. The average Bonchev–Trinajstić information content (AvgIpc) is 2.32. The molecule has 4 nitrogen and oxygen atoms in total. The maximum atomic E-state index is 11.4. The average molecular weight is 351 g/mol. The van der Waals surface area contributed by atoms with Gasteiger partial charge in [0.25, 0.3) is 0 Å². The van der Waals surface area contributed by atoms with E-state index in [9.17, 15) is 4.79 Å². The fourth-order valence-electron chi connectivity index (χ4n) is 2.09. The van der Waals surface area contributed by atoms with Crippen molar-refractivity contribution in [3.63, 3.8) is 0 Å². The number of carbonyl (C=O) groups excluding carboxylic acids is 1. The number of methoxy groups -OCH3 is 1. The second-order valence-corrected chi connectivity index (χ2v) is 5.89. The third-order valence-corrected chi connectivity index (χ3v) is 3.75. The van der Waals surface area contributed by atoms with Crippen LogP contribution in [0, 0.1) is 5.41 Å². The van der Waals surface area contributed by atoms with Gasteiger partial charge in [-0.25, -0.2) is 4.79 Å². The summed E-state index contributed by atoms with van der Waals surface area (Å²) in [7, 11) is 1.62. The van der Waals surface area contributed by atoms with Crippen LogP contribution in [0.15, 0.2) is 22.7 Å².